The van der Waals surface area contributed by atoms with Gasteiger partial charge >= 0.3 is 5.97 Å². The molecule has 0 aliphatic heterocycles. The summed E-state index contributed by atoms with van der Waals surface area (Å²) in [6.07, 6.45) is 0.0677. The largest absolute Gasteiger partial charge is 0.481 e. The lowest BCUT2D eigenvalue weighted by atomic mass is 10.4. The molecule has 1 heterocycles. The maximum atomic E-state index is 10.3. The number of hydrogen-bond donors (Lipinski definition) is 1. The van der Waals surface area contributed by atoms with E-state index in [0.717, 1.165) is 11.4 Å². The molecule has 0 aliphatic rings. The van der Waals surface area contributed by atoms with Gasteiger partial charge in [-0.05, 0) is 13.8 Å². The van der Waals surface area contributed by atoms with Crippen LogP contribution in [0.1, 0.15) is 17.8 Å². The lowest BCUT2D eigenvalue weighted by molar-refractivity contribution is -0.137. The Bertz CT molecular complexity index is 336. The highest BCUT2D eigenvalue weighted by Gasteiger charge is 2.09. The van der Waals surface area contributed by atoms with E-state index in [9.17, 15) is 4.79 Å². The second kappa shape index (κ2) is 5.22. The van der Waals surface area contributed by atoms with Gasteiger partial charge in [0.2, 0.25) is 0 Å². The van der Waals surface area contributed by atoms with Crippen LogP contribution in [0.2, 0.25) is 5.02 Å². The number of aromatic nitrogens is 2. The summed E-state index contributed by atoms with van der Waals surface area (Å²) in [5.74, 6) is -0.830. The first-order chi connectivity index (χ1) is 6.02. The smallest absolute Gasteiger partial charge is 0.305 e. The fourth-order valence-corrected chi connectivity index (χ4v) is 1.23. The average molecular weight is 239 g/mol. The topological polar surface area (TPSA) is 55.1 Å². The molecule has 14 heavy (non-hydrogen) atoms. The molecule has 0 saturated heterocycles. The Kier molecular flexibility index (Phi) is 4.94. The summed E-state index contributed by atoms with van der Waals surface area (Å²) < 4.78 is 1.62. The van der Waals surface area contributed by atoms with Crippen molar-refractivity contribution in [1.29, 1.82) is 0 Å². The van der Waals surface area contributed by atoms with Crippen LogP contribution >= 0.6 is 24.0 Å². The number of rotatable bonds is 3. The Morgan fingerprint density at radius 2 is 2.14 bits per heavy atom. The minimum atomic E-state index is -0.830. The predicted molar refractivity (Wildman–Crippen MR) is 56.2 cm³/mol. The molecule has 6 heteroatoms. The summed E-state index contributed by atoms with van der Waals surface area (Å²) in [4.78, 5) is 10.3. The molecule has 1 rings (SSSR count). The highest BCUT2D eigenvalue weighted by molar-refractivity contribution is 6.31. The van der Waals surface area contributed by atoms with Crippen LogP contribution in [-0.2, 0) is 11.3 Å². The van der Waals surface area contributed by atoms with E-state index in [1.54, 1.807) is 11.6 Å². The zero-order chi connectivity index (χ0) is 10.0. The van der Waals surface area contributed by atoms with Gasteiger partial charge in [0, 0.05) is 0 Å². The van der Waals surface area contributed by atoms with E-state index in [4.69, 9.17) is 16.7 Å². The fourth-order valence-electron chi connectivity index (χ4n) is 1.09. The molecule has 0 radical (unpaired) electrons. The van der Waals surface area contributed by atoms with Crippen LogP contribution < -0.4 is 0 Å². The Balaban J connectivity index is 0.00000169. The third-order valence-electron chi connectivity index (χ3n) is 1.83. The van der Waals surface area contributed by atoms with Crippen molar-refractivity contribution in [2.45, 2.75) is 26.8 Å². The van der Waals surface area contributed by atoms with E-state index in [-0.39, 0.29) is 18.8 Å². The third-order valence-corrected chi connectivity index (χ3v) is 2.38. The van der Waals surface area contributed by atoms with Gasteiger partial charge in [0.1, 0.15) is 0 Å². The molecule has 0 spiro atoms. The SMILES string of the molecule is Cc1nn(CCC(=O)O)c(C)c1Cl.Cl. The van der Waals surface area contributed by atoms with E-state index in [2.05, 4.69) is 5.10 Å². The number of carbonyl (C=O) groups is 1. The standard InChI is InChI=1S/C8H11ClN2O2.ClH/c1-5-8(9)6(2)11(10-5)4-3-7(12)13;/h3-4H2,1-2H3,(H,12,13);1H. The lowest BCUT2D eigenvalue weighted by Crippen LogP contribution is -2.07. The molecule has 1 aromatic rings. The van der Waals surface area contributed by atoms with Gasteiger partial charge in [0.15, 0.2) is 0 Å². The Hall–Kier alpha value is -0.740. The van der Waals surface area contributed by atoms with Crippen LogP contribution in [0.3, 0.4) is 0 Å². The van der Waals surface area contributed by atoms with E-state index < -0.39 is 5.97 Å². The molecule has 80 valence electrons. The van der Waals surface area contributed by atoms with Crippen LogP contribution in [0.5, 0.6) is 0 Å². The van der Waals surface area contributed by atoms with E-state index >= 15 is 0 Å². The normalized spacial score (nSPS) is 9.64. The molecule has 0 bridgehead atoms. The van der Waals surface area contributed by atoms with Gasteiger partial charge in [-0.25, -0.2) is 0 Å². The molecule has 4 nitrogen and oxygen atoms in total. The molecular formula is C8H12Cl2N2O2. The number of carboxylic acid groups (broad SMARTS) is 1. The fraction of sp³-hybridized carbons (Fsp3) is 0.500. The first-order valence-corrected chi connectivity index (χ1v) is 4.31. The Morgan fingerprint density at radius 1 is 1.57 bits per heavy atom. The van der Waals surface area contributed by atoms with Crippen molar-refractivity contribution in [2.24, 2.45) is 0 Å². The van der Waals surface area contributed by atoms with Crippen LogP contribution in [0.15, 0.2) is 0 Å². The number of carboxylic acids is 1. The van der Waals surface area contributed by atoms with Crippen LogP contribution in [0.4, 0.5) is 0 Å². The highest BCUT2D eigenvalue weighted by Crippen LogP contribution is 2.18. The van der Waals surface area contributed by atoms with Gasteiger partial charge in [-0.1, -0.05) is 11.6 Å². The van der Waals surface area contributed by atoms with Crippen molar-refractivity contribution >= 4 is 30.0 Å². The molecule has 0 amide bonds. The Morgan fingerprint density at radius 3 is 2.50 bits per heavy atom. The molecule has 0 aromatic carbocycles. The van der Waals surface area contributed by atoms with Gasteiger partial charge in [-0.3, -0.25) is 9.48 Å². The highest BCUT2D eigenvalue weighted by atomic mass is 35.5. The molecule has 0 aliphatic carbocycles. The number of halogens is 2. The van der Waals surface area contributed by atoms with E-state index in [0.29, 0.717) is 11.6 Å². The van der Waals surface area contributed by atoms with Crippen molar-refractivity contribution in [1.82, 2.24) is 9.78 Å². The summed E-state index contributed by atoms with van der Waals surface area (Å²) in [5, 5.41) is 13.2. The van der Waals surface area contributed by atoms with Crippen LogP contribution in [0.25, 0.3) is 0 Å². The number of hydrogen-bond acceptors (Lipinski definition) is 2. The van der Waals surface area contributed by atoms with E-state index in [1.807, 2.05) is 6.92 Å². The maximum absolute atomic E-state index is 10.3. The Labute approximate surface area is 93.3 Å². The second-order valence-corrected chi connectivity index (χ2v) is 3.23. The van der Waals surface area contributed by atoms with Crippen molar-refractivity contribution in [3.8, 4) is 0 Å². The van der Waals surface area contributed by atoms with Crippen molar-refractivity contribution in [2.75, 3.05) is 0 Å². The molecule has 0 saturated carbocycles. The zero-order valence-electron chi connectivity index (χ0n) is 7.95. The van der Waals surface area contributed by atoms with E-state index in [1.165, 1.54) is 0 Å². The second-order valence-electron chi connectivity index (χ2n) is 2.85. The predicted octanol–water partition coefficient (Wildman–Crippen LogP) is 2.05. The maximum Gasteiger partial charge on any atom is 0.305 e. The minimum Gasteiger partial charge on any atom is -0.481 e. The van der Waals surface area contributed by atoms with Gasteiger partial charge < -0.3 is 5.11 Å². The van der Waals surface area contributed by atoms with Gasteiger partial charge in [0.25, 0.3) is 0 Å². The minimum absolute atomic E-state index is 0. The lowest BCUT2D eigenvalue weighted by Gasteiger charge is -2.00. The molecule has 0 atom stereocenters. The van der Waals surface area contributed by atoms with Crippen molar-refractivity contribution in [3.05, 3.63) is 16.4 Å². The molecule has 0 fully saturated rings. The van der Waals surface area contributed by atoms with Crippen LogP contribution in [-0.4, -0.2) is 20.9 Å². The van der Waals surface area contributed by atoms with Gasteiger partial charge in [-0.2, -0.15) is 5.10 Å². The summed E-state index contributed by atoms with van der Waals surface area (Å²) in [6.45, 7) is 3.99. The van der Waals surface area contributed by atoms with Crippen molar-refractivity contribution in [3.63, 3.8) is 0 Å². The van der Waals surface area contributed by atoms with Crippen LogP contribution in [0, 0.1) is 13.8 Å². The summed E-state index contributed by atoms with van der Waals surface area (Å²) in [6, 6.07) is 0. The monoisotopic (exact) mass is 238 g/mol. The molecule has 1 N–H and O–H groups in total. The average Bonchev–Trinajstić information content (AvgIpc) is 2.29. The molecular weight excluding hydrogens is 227 g/mol. The first kappa shape index (κ1) is 13.3. The first-order valence-electron chi connectivity index (χ1n) is 3.93. The zero-order valence-corrected chi connectivity index (χ0v) is 9.52. The molecule has 0 unspecified atom stereocenters. The quantitative estimate of drug-likeness (QED) is 0.878. The number of aryl methyl sites for hydroxylation is 2. The number of aliphatic carboxylic acids is 1. The van der Waals surface area contributed by atoms with Gasteiger partial charge in [-0.15, -0.1) is 12.4 Å². The third kappa shape index (κ3) is 2.89. The molecule has 1 aromatic heterocycles. The van der Waals surface area contributed by atoms with Gasteiger partial charge in [0.05, 0.1) is 29.4 Å². The summed E-state index contributed by atoms with van der Waals surface area (Å²) in [5.41, 5.74) is 1.56. The summed E-state index contributed by atoms with van der Waals surface area (Å²) >= 11 is 5.88. The van der Waals surface area contributed by atoms with Crippen molar-refractivity contribution < 1.29 is 9.90 Å². The summed E-state index contributed by atoms with van der Waals surface area (Å²) in [7, 11) is 0. The number of nitrogens with zero attached hydrogens (tertiary/aromatic N) is 2.